The monoisotopic (exact) mass is 384 g/mol. The lowest BCUT2D eigenvalue weighted by atomic mass is 9.96. The highest BCUT2D eigenvalue weighted by Gasteiger charge is 2.41. The number of rotatable bonds is 5. The summed E-state index contributed by atoms with van der Waals surface area (Å²) in [6.07, 6.45) is 6.11. The van der Waals surface area contributed by atoms with Gasteiger partial charge in [-0.15, -0.1) is 0 Å². The molecule has 1 aliphatic heterocycles. The zero-order chi connectivity index (χ0) is 17.7. The molecule has 0 aromatic heterocycles. The van der Waals surface area contributed by atoms with Crippen LogP contribution >= 0.6 is 0 Å². The van der Waals surface area contributed by atoms with Crippen LogP contribution in [0.1, 0.15) is 38.5 Å². The maximum absolute atomic E-state index is 12.6. The summed E-state index contributed by atoms with van der Waals surface area (Å²) in [7, 11) is -7.12. The number of sulfonamides is 2. The molecule has 2 bridgehead atoms. The topological polar surface area (TPSA) is 83.5 Å². The van der Waals surface area contributed by atoms with Crippen molar-refractivity contribution in [1.82, 2.24) is 9.03 Å². The molecule has 4 rings (SSSR count). The van der Waals surface area contributed by atoms with Crippen LogP contribution in [-0.4, -0.2) is 40.3 Å². The molecule has 8 heteroatoms. The first-order valence-electron chi connectivity index (χ1n) is 8.99. The molecular formula is C17H24N2O4S2. The fourth-order valence-electron chi connectivity index (χ4n) is 4.52. The van der Waals surface area contributed by atoms with E-state index in [-0.39, 0.29) is 15.8 Å². The Bertz CT molecular complexity index is 843. The van der Waals surface area contributed by atoms with Crippen molar-refractivity contribution in [3.8, 4) is 0 Å². The molecule has 2 saturated carbocycles. The van der Waals surface area contributed by atoms with Crippen molar-refractivity contribution in [3.05, 3.63) is 24.3 Å². The molecule has 0 unspecified atom stereocenters. The van der Waals surface area contributed by atoms with Crippen LogP contribution in [0.4, 0.5) is 0 Å². The second-order valence-electron chi connectivity index (χ2n) is 7.49. The van der Waals surface area contributed by atoms with Crippen LogP contribution in [0.2, 0.25) is 0 Å². The summed E-state index contributed by atoms with van der Waals surface area (Å²) in [5, 5.41) is 0. The minimum absolute atomic E-state index is 0.0248. The molecule has 1 aromatic carbocycles. The average Bonchev–Trinajstić information content (AvgIpc) is 3.32. The summed E-state index contributed by atoms with van der Waals surface area (Å²) in [6.45, 7) is 1.07. The van der Waals surface area contributed by atoms with Gasteiger partial charge in [-0.1, -0.05) is 6.42 Å². The highest BCUT2D eigenvalue weighted by molar-refractivity contribution is 7.89. The number of fused-ring (bicyclic) bond motifs is 2. The first-order chi connectivity index (χ1) is 11.9. The Hall–Kier alpha value is -0.960. The lowest BCUT2D eigenvalue weighted by molar-refractivity contribution is 0.390. The first-order valence-corrected chi connectivity index (χ1v) is 11.9. The third-order valence-electron chi connectivity index (χ3n) is 5.88. The van der Waals surface area contributed by atoms with Gasteiger partial charge in [-0.3, -0.25) is 0 Å². The Morgan fingerprint density at radius 2 is 1.52 bits per heavy atom. The zero-order valence-corrected chi connectivity index (χ0v) is 15.7. The fraction of sp³-hybridized carbons (Fsp3) is 0.647. The smallest absolute Gasteiger partial charge is 0.208 e. The van der Waals surface area contributed by atoms with Crippen molar-refractivity contribution in [2.75, 3.05) is 13.1 Å². The van der Waals surface area contributed by atoms with Gasteiger partial charge in [0.1, 0.15) is 0 Å². The average molecular weight is 385 g/mol. The van der Waals surface area contributed by atoms with E-state index in [0.717, 1.165) is 32.1 Å². The van der Waals surface area contributed by atoms with Crippen molar-refractivity contribution in [1.29, 1.82) is 0 Å². The van der Waals surface area contributed by atoms with E-state index in [1.54, 1.807) is 0 Å². The molecule has 2 aliphatic carbocycles. The quantitative estimate of drug-likeness (QED) is 0.841. The van der Waals surface area contributed by atoms with Crippen LogP contribution in [0.5, 0.6) is 0 Å². The first kappa shape index (κ1) is 17.5. The molecule has 0 amide bonds. The highest BCUT2D eigenvalue weighted by atomic mass is 32.2. The molecule has 0 spiro atoms. The van der Waals surface area contributed by atoms with Gasteiger partial charge >= 0.3 is 0 Å². The molecule has 3 aliphatic rings. The molecule has 1 saturated heterocycles. The number of hydrogen-bond donors (Lipinski definition) is 1. The Balaban J connectivity index is 1.51. The molecule has 1 aromatic rings. The molecule has 3 fully saturated rings. The van der Waals surface area contributed by atoms with Crippen molar-refractivity contribution < 1.29 is 16.8 Å². The number of hydrogen-bond acceptors (Lipinski definition) is 4. The lowest BCUT2D eigenvalue weighted by Gasteiger charge is -2.22. The number of nitrogens with one attached hydrogen (secondary N) is 1. The van der Waals surface area contributed by atoms with Crippen LogP contribution in [0.25, 0.3) is 0 Å². The van der Waals surface area contributed by atoms with Gasteiger partial charge in [0.2, 0.25) is 20.0 Å². The Morgan fingerprint density at radius 3 is 2.08 bits per heavy atom. The van der Waals surface area contributed by atoms with Crippen LogP contribution in [0, 0.1) is 11.8 Å². The Labute approximate surface area is 149 Å². The molecule has 3 atom stereocenters. The van der Waals surface area contributed by atoms with Crippen LogP contribution in [-0.2, 0) is 20.0 Å². The second kappa shape index (κ2) is 6.33. The predicted octanol–water partition coefficient (Wildman–Crippen LogP) is 1.94. The standard InChI is InChI=1S/C17H24N2O4S2/c20-24(21,18-17-12-13-3-4-14(17)11-13)15-5-7-16(8-6-15)25(22,23)19-9-1-2-10-19/h5-8,13-14,17-18H,1-4,9-12H2/t13-,14-,17-/m0/s1. The normalized spacial score (nSPS) is 30.2. The van der Waals surface area contributed by atoms with Crippen molar-refractivity contribution in [2.45, 2.75) is 54.4 Å². The molecule has 138 valence electrons. The van der Waals surface area contributed by atoms with Crippen molar-refractivity contribution in [3.63, 3.8) is 0 Å². The van der Waals surface area contributed by atoms with E-state index in [0.29, 0.717) is 24.9 Å². The Morgan fingerprint density at radius 1 is 0.880 bits per heavy atom. The van der Waals surface area contributed by atoms with Crippen molar-refractivity contribution >= 4 is 20.0 Å². The summed E-state index contributed by atoms with van der Waals surface area (Å²) >= 11 is 0. The van der Waals surface area contributed by atoms with Gasteiger partial charge in [0.25, 0.3) is 0 Å². The summed E-state index contributed by atoms with van der Waals surface area (Å²) in [5.74, 6) is 1.11. The maximum Gasteiger partial charge on any atom is 0.243 e. The van der Waals surface area contributed by atoms with Crippen LogP contribution in [0.15, 0.2) is 34.1 Å². The van der Waals surface area contributed by atoms with Gasteiger partial charge in [-0.2, -0.15) is 4.31 Å². The van der Waals surface area contributed by atoms with Gasteiger partial charge < -0.3 is 0 Å². The largest absolute Gasteiger partial charge is 0.243 e. The summed E-state index contributed by atoms with van der Waals surface area (Å²) in [5.41, 5.74) is 0. The fourth-order valence-corrected chi connectivity index (χ4v) is 7.36. The SMILES string of the molecule is O=S(=O)(N[C@H]1C[C@H]2CC[C@H]1C2)c1ccc(S(=O)(=O)N2CCCC2)cc1. The van der Waals surface area contributed by atoms with Gasteiger partial charge in [0.05, 0.1) is 9.79 Å². The molecule has 25 heavy (non-hydrogen) atoms. The van der Waals surface area contributed by atoms with Crippen molar-refractivity contribution in [2.24, 2.45) is 11.8 Å². The summed E-state index contributed by atoms with van der Waals surface area (Å²) < 4.78 is 54.6. The summed E-state index contributed by atoms with van der Waals surface area (Å²) in [6, 6.07) is 5.64. The molecular weight excluding hydrogens is 360 g/mol. The van der Waals surface area contributed by atoms with E-state index in [1.807, 2.05) is 0 Å². The number of nitrogens with zero attached hydrogens (tertiary/aromatic N) is 1. The molecule has 0 radical (unpaired) electrons. The van der Waals surface area contributed by atoms with Gasteiger partial charge in [0.15, 0.2) is 0 Å². The minimum Gasteiger partial charge on any atom is -0.208 e. The lowest BCUT2D eigenvalue weighted by Crippen LogP contribution is -2.38. The maximum atomic E-state index is 12.6. The van der Waals surface area contributed by atoms with E-state index in [4.69, 9.17) is 0 Å². The predicted molar refractivity (Wildman–Crippen MR) is 94.0 cm³/mol. The van der Waals surface area contributed by atoms with Crippen LogP contribution in [0.3, 0.4) is 0 Å². The van der Waals surface area contributed by atoms with Gasteiger partial charge in [0, 0.05) is 19.1 Å². The number of benzene rings is 1. The zero-order valence-electron chi connectivity index (χ0n) is 14.1. The van der Waals surface area contributed by atoms with E-state index >= 15 is 0 Å². The van der Waals surface area contributed by atoms with Crippen LogP contribution < -0.4 is 4.72 Å². The molecule has 6 nitrogen and oxygen atoms in total. The van der Waals surface area contributed by atoms with E-state index in [2.05, 4.69) is 4.72 Å². The second-order valence-corrected chi connectivity index (χ2v) is 11.1. The molecule has 1 heterocycles. The van der Waals surface area contributed by atoms with E-state index in [9.17, 15) is 16.8 Å². The molecule has 1 N–H and O–H groups in total. The van der Waals surface area contributed by atoms with Gasteiger partial charge in [-0.25, -0.2) is 21.6 Å². The van der Waals surface area contributed by atoms with E-state index < -0.39 is 20.0 Å². The van der Waals surface area contributed by atoms with Gasteiger partial charge in [-0.05, 0) is 68.2 Å². The highest BCUT2D eigenvalue weighted by Crippen LogP contribution is 2.44. The van der Waals surface area contributed by atoms with E-state index in [1.165, 1.54) is 35.0 Å². The Kier molecular flexibility index (Phi) is 4.42. The summed E-state index contributed by atoms with van der Waals surface area (Å²) in [4.78, 5) is 0.295. The third-order valence-corrected chi connectivity index (χ3v) is 9.30. The third kappa shape index (κ3) is 3.25. The minimum atomic E-state index is -3.61.